The summed E-state index contributed by atoms with van der Waals surface area (Å²) < 4.78 is 5.84. The second-order valence-electron chi connectivity index (χ2n) is 7.82. The number of nitrogens with one attached hydrogen (secondary N) is 1. The molecule has 4 rings (SSSR count). The Balaban J connectivity index is 1.36. The second-order valence-corrected chi connectivity index (χ2v) is 7.82. The van der Waals surface area contributed by atoms with Crippen LogP contribution in [-0.2, 0) is 11.2 Å². The van der Waals surface area contributed by atoms with E-state index >= 15 is 0 Å². The Kier molecular flexibility index (Phi) is 5.29. The van der Waals surface area contributed by atoms with Crippen molar-refractivity contribution in [3.8, 4) is 11.3 Å². The Bertz CT molecular complexity index is 931. The number of amides is 1. The summed E-state index contributed by atoms with van der Waals surface area (Å²) in [5.41, 5.74) is 3.39. The van der Waals surface area contributed by atoms with Gasteiger partial charge in [-0.3, -0.25) is 4.79 Å². The molecule has 0 saturated heterocycles. The number of oxazole rings is 1. The van der Waals surface area contributed by atoms with Gasteiger partial charge < -0.3 is 9.73 Å². The minimum atomic E-state index is 0.0445. The number of carbonyl (C=O) groups excluding carboxylic acids is 1. The molecule has 0 radical (unpaired) electrons. The standard InChI is InChI=1S/C24H26N2O2/c1-16-8-10-18(11-9-16)21-15-25-23(28-21)13-12-22(27)26-24(20-14-17(20)2)19-6-4-3-5-7-19/h3-11,15,17,20,24H,12-14H2,1-2H3,(H,26,27). The number of nitrogens with zero attached hydrogens (tertiary/aromatic N) is 1. The Labute approximate surface area is 166 Å². The van der Waals surface area contributed by atoms with Gasteiger partial charge in [0.25, 0.3) is 0 Å². The van der Waals surface area contributed by atoms with E-state index in [2.05, 4.69) is 36.3 Å². The largest absolute Gasteiger partial charge is 0.441 e. The fourth-order valence-electron chi connectivity index (χ4n) is 3.66. The summed E-state index contributed by atoms with van der Waals surface area (Å²) in [5.74, 6) is 2.57. The first-order valence-electron chi connectivity index (χ1n) is 9.96. The van der Waals surface area contributed by atoms with E-state index in [0.717, 1.165) is 11.3 Å². The van der Waals surface area contributed by atoms with Crippen molar-refractivity contribution < 1.29 is 9.21 Å². The van der Waals surface area contributed by atoms with E-state index in [0.29, 0.717) is 30.6 Å². The lowest BCUT2D eigenvalue weighted by Gasteiger charge is -2.19. The average Bonchev–Trinajstić information content (AvgIpc) is 3.24. The highest BCUT2D eigenvalue weighted by atomic mass is 16.4. The highest BCUT2D eigenvalue weighted by Crippen LogP contribution is 2.46. The molecule has 1 heterocycles. The summed E-state index contributed by atoms with van der Waals surface area (Å²) in [5, 5.41) is 3.23. The van der Waals surface area contributed by atoms with Gasteiger partial charge in [0, 0.05) is 18.4 Å². The van der Waals surface area contributed by atoms with Crippen molar-refractivity contribution in [2.75, 3.05) is 0 Å². The van der Waals surface area contributed by atoms with Crippen LogP contribution in [0.25, 0.3) is 11.3 Å². The lowest BCUT2D eigenvalue weighted by atomic mass is 10.0. The predicted octanol–water partition coefficient (Wildman–Crippen LogP) is 5.10. The molecule has 4 nitrogen and oxygen atoms in total. The number of hydrogen-bond acceptors (Lipinski definition) is 3. The quantitative estimate of drug-likeness (QED) is 0.626. The summed E-state index contributed by atoms with van der Waals surface area (Å²) >= 11 is 0. The van der Waals surface area contributed by atoms with Crippen molar-refractivity contribution in [2.45, 2.75) is 39.2 Å². The van der Waals surface area contributed by atoms with Crippen LogP contribution in [0.15, 0.2) is 65.2 Å². The Morgan fingerprint density at radius 1 is 1.18 bits per heavy atom. The highest BCUT2D eigenvalue weighted by Gasteiger charge is 2.40. The van der Waals surface area contributed by atoms with Gasteiger partial charge in [-0.2, -0.15) is 0 Å². The smallest absolute Gasteiger partial charge is 0.221 e. The summed E-state index contributed by atoms with van der Waals surface area (Å²) in [6.45, 7) is 4.30. The summed E-state index contributed by atoms with van der Waals surface area (Å²) in [7, 11) is 0. The fraction of sp³-hybridized carbons (Fsp3) is 0.333. The lowest BCUT2D eigenvalue weighted by Crippen LogP contribution is -2.30. The van der Waals surface area contributed by atoms with Crippen LogP contribution >= 0.6 is 0 Å². The Morgan fingerprint density at radius 2 is 1.89 bits per heavy atom. The van der Waals surface area contributed by atoms with E-state index in [1.165, 1.54) is 17.5 Å². The van der Waals surface area contributed by atoms with Gasteiger partial charge >= 0.3 is 0 Å². The van der Waals surface area contributed by atoms with Crippen LogP contribution in [-0.4, -0.2) is 10.9 Å². The van der Waals surface area contributed by atoms with Crippen LogP contribution < -0.4 is 5.32 Å². The van der Waals surface area contributed by atoms with Gasteiger partial charge in [0.05, 0.1) is 12.2 Å². The molecule has 28 heavy (non-hydrogen) atoms. The Morgan fingerprint density at radius 3 is 2.57 bits per heavy atom. The zero-order valence-electron chi connectivity index (χ0n) is 16.4. The predicted molar refractivity (Wildman–Crippen MR) is 110 cm³/mol. The minimum Gasteiger partial charge on any atom is -0.441 e. The summed E-state index contributed by atoms with van der Waals surface area (Å²) in [4.78, 5) is 16.9. The SMILES string of the molecule is Cc1ccc(-c2cnc(CCC(=O)NC(c3ccccc3)C3CC3C)o2)cc1. The monoisotopic (exact) mass is 374 g/mol. The molecule has 1 aliphatic rings. The topological polar surface area (TPSA) is 55.1 Å². The zero-order chi connectivity index (χ0) is 19.5. The molecule has 1 aromatic heterocycles. The van der Waals surface area contributed by atoms with Gasteiger partial charge in [-0.15, -0.1) is 0 Å². The zero-order valence-corrected chi connectivity index (χ0v) is 16.4. The number of carbonyl (C=O) groups is 1. The van der Waals surface area contributed by atoms with Gasteiger partial charge in [-0.05, 0) is 30.7 Å². The van der Waals surface area contributed by atoms with Crippen molar-refractivity contribution in [3.05, 3.63) is 77.8 Å². The molecule has 0 spiro atoms. The average molecular weight is 374 g/mol. The van der Waals surface area contributed by atoms with Crippen LogP contribution in [0.2, 0.25) is 0 Å². The van der Waals surface area contributed by atoms with E-state index in [9.17, 15) is 4.79 Å². The van der Waals surface area contributed by atoms with Crippen LogP contribution in [0.4, 0.5) is 0 Å². The third kappa shape index (κ3) is 4.33. The summed E-state index contributed by atoms with van der Waals surface area (Å²) in [6, 6.07) is 18.5. The highest BCUT2D eigenvalue weighted by molar-refractivity contribution is 5.76. The molecule has 3 unspecified atom stereocenters. The fourth-order valence-corrected chi connectivity index (χ4v) is 3.66. The van der Waals surface area contributed by atoms with Crippen LogP contribution in [0.5, 0.6) is 0 Å². The van der Waals surface area contributed by atoms with Crippen molar-refractivity contribution in [1.82, 2.24) is 10.3 Å². The molecule has 1 aliphatic carbocycles. The Hall–Kier alpha value is -2.88. The molecule has 0 aliphatic heterocycles. The first kappa shape index (κ1) is 18.5. The first-order chi connectivity index (χ1) is 13.6. The van der Waals surface area contributed by atoms with E-state index in [1.807, 2.05) is 42.5 Å². The second kappa shape index (κ2) is 8.01. The van der Waals surface area contributed by atoms with Gasteiger partial charge in [0.2, 0.25) is 5.91 Å². The van der Waals surface area contributed by atoms with E-state index in [1.54, 1.807) is 6.20 Å². The molecular weight excluding hydrogens is 348 g/mol. The molecule has 2 aromatic carbocycles. The van der Waals surface area contributed by atoms with Crippen molar-refractivity contribution in [2.24, 2.45) is 11.8 Å². The van der Waals surface area contributed by atoms with E-state index < -0.39 is 0 Å². The van der Waals surface area contributed by atoms with Crippen molar-refractivity contribution >= 4 is 5.91 Å². The molecule has 3 aromatic rings. The molecule has 0 bridgehead atoms. The first-order valence-corrected chi connectivity index (χ1v) is 9.96. The molecule has 3 atom stereocenters. The van der Waals surface area contributed by atoms with Crippen molar-refractivity contribution in [3.63, 3.8) is 0 Å². The number of rotatable bonds is 7. The normalized spacial score (nSPS) is 19.2. The number of benzene rings is 2. The molecule has 1 amide bonds. The van der Waals surface area contributed by atoms with E-state index in [-0.39, 0.29) is 11.9 Å². The summed E-state index contributed by atoms with van der Waals surface area (Å²) in [6.07, 6.45) is 3.77. The number of aromatic nitrogens is 1. The molecule has 4 heteroatoms. The van der Waals surface area contributed by atoms with Crippen LogP contribution in [0, 0.1) is 18.8 Å². The molecule has 1 N–H and O–H groups in total. The minimum absolute atomic E-state index is 0.0445. The molecular formula is C24H26N2O2. The maximum atomic E-state index is 12.6. The van der Waals surface area contributed by atoms with Crippen LogP contribution in [0.3, 0.4) is 0 Å². The molecule has 144 valence electrons. The van der Waals surface area contributed by atoms with Crippen molar-refractivity contribution in [1.29, 1.82) is 0 Å². The van der Waals surface area contributed by atoms with Gasteiger partial charge in [-0.1, -0.05) is 67.1 Å². The van der Waals surface area contributed by atoms with E-state index in [4.69, 9.17) is 4.42 Å². The number of hydrogen-bond donors (Lipinski definition) is 1. The maximum absolute atomic E-state index is 12.6. The number of aryl methyl sites for hydroxylation is 2. The lowest BCUT2D eigenvalue weighted by molar-refractivity contribution is -0.122. The molecule has 1 saturated carbocycles. The van der Waals surface area contributed by atoms with Gasteiger partial charge in [0.15, 0.2) is 11.7 Å². The van der Waals surface area contributed by atoms with Gasteiger partial charge in [-0.25, -0.2) is 4.98 Å². The third-order valence-electron chi connectivity index (χ3n) is 5.53. The van der Waals surface area contributed by atoms with Crippen LogP contribution in [0.1, 0.15) is 42.8 Å². The maximum Gasteiger partial charge on any atom is 0.221 e. The molecule has 1 fully saturated rings. The van der Waals surface area contributed by atoms with Gasteiger partial charge in [0.1, 0.15) is 0 Å². The third-order valence-corrected chi connectivity index (χ3v) is 5.53.